The van der Waals surface area contributed by atoms with Gasteiger partial charge in [-0.1, -0.05) is 115 Å². The minimum absolute atomic E-state index is 0.567. The maximum atomic E-state index is 6.13. The Hall–Kier alpha value is -6.59. The molecule has 0 aliphatic carbocycles. The van der Waals surface area contributed by atoms with E-state index < -0.39 is 0 Å². The average molecular weight is 615 g/mol. The second-order valence-corrected chi connectivity index (χ2v) is 12.1. The number of aromatic nitrogens is 4. The van der Waals surface area contributed by atoms with Gasteiger partial charge >= 0.3 is 0 Å². The van der Waals surface area contributed by atoms with Crippen LogP contribution in [0.1, 0.15) is 0 Å². The predicted octanol–water partition coefficient (Wildman–Crippen LogP) is 11.0. The lowest BCUT2D eigenvalue weighted by atomic mass is 10.00. The van der Waals surface area contributed by atoms with Crippen molar-refractivity contribution in [2.45, 2.75) is 0 Å². The van der Waals surface area contributed by atoms with Crippen molar-refractivity contribution in [3.63, 3.8) is 0 Å². The van der Waals surface area contributed by atoms with Crippen molar-refractivity contribution in [1.29, 1.82) is 0 Å². The summed E-state index contributed by atoms with van der Waals surface area (Å²) >= 11 is 0. The van der Waals surface area contributed by atoms with Gasteiger partial charge in [0.2, 0.25) is 5.95 Å². The molecule has 0 unspecified atom stereocenters. The van der Waals surface area contributed by atoms with Crippen molar-refractivity contribution in [3.05, 3.63) is 158 Å². The second kappa shape index (κ2) is 10.5. The predicted molar refractivity (Wildman–Crippen MR) is 195 cm³/mol. The number of para-hydroxylation sites is 2. The van der Waals surface area contributed by atoms with Gasteiger partial charge in [0, 0.05) is 32.7 Å². The van der Waals surface area contributed by atoms with Gasteiger partial charge in [-0.15, -0.1) is 0 Å². The van der Waals surface area contributed by atoms with Crippen molar-refractivity contribution in [3.8, 4) is 39.9 Å². The Balaban J connectivity index is 1.23. The number of hydrogen-bond donors (Lipinski definition) is 0. The molecule has 0 bridgehead atoms. The van der Waals surface area contributed by atoms with Gasteiger partial charge in [-0.3, -0.25) is 4.57 Å². The molecule has 3 aromatic heterocycles. The molecule has 0 N–H and O–H groups in total. The standard InChI is InChI=1S/C43H26N4O/c1-2-11-28(12-3-1)41-44-42(32-21-23-40-36(25-32)35-15-7-9-17-39(35)48-40)46-43(45-41)47-37-16-8-6-14-33(37)34-22-20-31(26-38(34)47)30-19-18-27-10-4-5-13-29(27)24-30/h1-26H. The molecule has 0 atom stereocenters. The molecule has 7 aromatic carbocycles. The summed E-state index contributed by atoms with van der Waals surface area (Å²) in [6.45, 7) is 0. The summed E-state index contributed by atoms with van der Waals surface area (Å²) in [4.78, 5) is 15.4. The van der Waals surface area contributed by atoms with Crippen LogP contribution in [-0.4, -0.2) is 19.5 Å². The van der Waals surface area contributed by atoms with E-state index in [9.17, 15) is 0 Å². The summed E-state index contributed by atoms with van der Waals surface area (Å²) in [5.74, 6) is 1.78. The van der Waals surface area contributed by atoms with E-state index in [-0.39, 0.29) is 0 Å². The maximum Gasteiger partial charge on any atom is 0.238 e. The normalized spacial score (nSPS) is 11.8. The number of nitrogens with zero attached hydrogens (tertiary/aromatic N) is 4. The van der Waals surface area contributed by atoms with Crippen LogP contribution in [0.15, 0.2) is 162 Å². The molecule has 3 heterocycles. The summed E-state index contributed by atoms with van der Waals surface area (Å²) in [5.41, 5.74) is 7.88. The first-order chi connectivity index (χ1) is 23.8. The molecule has 10 aromatic rings. The Kier molecular flexibility index (Phi) is 5.81. The largest absolute Gasteiger partial charge is 0.456 e. The van der Waals surface area contributed by atoms with E-state index in [2.05, 4.69) is 102 Å². The summed E-state index contributed by atoms with van der Waals surface area (Å²) < 4.78 is 8.31. The Labute approximate surface area is 275 Å². The van der Waals surface area contributed by atoms with Gasteiger partial charge in [-0.2, -0.15) is 9.97 Å². The molecule has 5 heteroatoms. The zero-order valence-corrected chi connectivity index (χ0v) is 25.7. The molecule has 0 fully saturated rings. The van der Waals surface area contributed by atoms with E-state index in [0.29, 0.717) is 17.6 Å². The molecule has 0 aliphatic rings. The molecule has 10 rings (SSSR count). The van der Waals surface area contributed by atoms with Crippen molar-refractivity contribution >= 4 is 54.5 Å². The molecule has 5 nitrogen and oxygen atoms in total. The average Bonchev–Trinajstić information content (AvgIpc) is 3.70. The van der Waals surface area contributed by atoms with Gasteiger partial charge in [0.15, 0.2) is 11.6 Å². The lowest BCUT2D eigenvalue weighted by Gasteiger charge is -2.11. The number of hydrogen-bond acceptors (Lipinski definition) is 4. The van der Waals surface area contributed by atoms with Crippen LogP contribution in [0.25, 0.3) is 94.4 Å². The smallest absolute Gasteiger partial charge is 0.238 e. The monoisotopic (exact) mass is 614 g/mol. The Bertz CT molecular complexity index is 2850. The molecule has 48 heavy (non-hydrogen) atoms. The number of furan rings is 1. The summed E-state index contributed by atoms with van der Waals surface area (Å²) in [6.07, 6.45) is 0. The molecule has 0 saturated carbocycles. The van der Waals surface area contributed by atoms with Crippen molar-refractivity contribution in [2.24, 2.45) is 0 Å². The minimum Gasteiger partial charge on any atom is -0.456 e. The molecule has 0 amide bonds. The number of benzene rings is 7. The Morgan fingerprint density at radius 2 is 1.02 bits per heavy atom. The van der Waals surface area contributed by atoms with Crippen LogP contribution in [0, 0.1) is 0 Å². The molecule has 0 aliphatic heterocycles. The molecule has 0 saturated heterocycles. The third-order valence-electron chi connectivity index (χ3n) is 9.25. The van der Waals surface area contributed by atoms with E-state index >= 15 is 0 Å². The molecular formula is C43H26N4O. The van der Waals surface area contributed by atoms with Crippen molar-refractivity contribution in [2.75, 3.05) is 0 Å². The van der Waals surface area contributed by atoms with Crippen LogP contribution in [0.5, 0.6) is 0 Å². The maximum absolute atomic E-state index is 6.13. The van der Waals surface area contributed by atoms with Gasteiger partial charge in [0.1, 0.15) is 11.2 Å². The van der Waals surface area contributed by atoms with E-state index in [1.807, 2.05) is 60.7 Å². The lowest BCUT2D eigenvalue weighted by molar-refractivity contribution is 0.669. The summed E-state index contributed by atoms with van der Waals surface area (Å²) in [5, 5.41) is 6.83. The van der Waals surface area contributed by atoms with Gasteiger partial charge in [-0.25, -0.2) is 4.98 Å². The third-order valence-corrected chi connectivity index (χ3v) is 9.25. The van der Waals surface area contributed by atoms with E-state index in [4.69, 9.17) is 19.4 Å². The van der Waals surface area contributed by atoms with Crippen LogP contribution in [0.3, 0.4) is 0 Å². The van der Waals surface area contributed by atoms with Gasteiger partial charge in [0.25, 0.3) is 0 Å². The van der Waals surface area contributed by atoms with Gasteiger partial charge in [-0.05, 0) is 64.4 Å². The fraction of sp³-hybridized carbons (Fsp3) is 0. The van der Waals surface area contributed by atoms with E-state index in [1.54, 1.807) is 0 Å². The first-order valence-corrected chi connectivity index (χ1v) is 16.0. The SMILES string of the molecule is c1ccc(-c2nc(-c3ccc4oc5ccccc5c4c3)nc(-n3c4ccccc4c4ccc(-c5ccc6ccccc6c5)cc43)n2)cc1. The van der Waals surface area contributed by atoms with Crippen LogP contribution in [0.2, 0.25) is 0 Å². The van der Waals surface area contributed by atoms with E-state index in [1.165, 1.54) is 10.8 Å². The van der Waals surface area contributed by atoms with Crippen molar-refractivity contribution in [1.82, 2.24) is 19.5 Å². The topological polar surface area (TPSA) is 56.7 Å². The molecule has 0 radical (unpaired) electrons. The van der Waals surface area contributed by atoms with E-state index in [0.717, 1.165) is 66.0 Å². The minimum atomic E-state index is 0.567. The lowest BCUT2D eigenvalue weighted by Crippen LogP contribution is -2.06. The quantitative estimate of drug-likeness (QED) is 0.198. The molecule has 224 valence electrons. The fourth-order valence-electron chi connectivity index (χ4n) is 6.91. The second-order valence-electron chi connectivity index (χ2n) is 12.1. The zero-order valence-electron chi connectivity index (χ0n) is 25.7. The Morgan fingerprint density at radius 3 is 1.92 bits per heavy atom. The number of rotatable bonds is 4. The van der Waals surface area contributed by atoms with Crippen LogP contribution < -0.4 is 0 Å². The number of fused-ring (bicyclic) bond motifs is 7. The summed E-state index contributed by atoms with van der Waals surface area (Å²) in [7, 11) is 0. The van der Waals surface area contributed by atoms with Gasteiger partial charge in [0.05, 0.1) is 11.0 Å². The third kappa shape index (κ3) is 4.22. The summed E-state index contributed by atoms with van der Waals surface area (Å²) in [6, 6.07) is 54.7. The first-order valence-electron chi connectivity index (χ1n) is 16.0. The van der Waals surface area contributed by atoms with Crippen LogP contribution in [0.4, 0.5) is 0 Å². The Morgan fingerprint density at radius 1 is 0.375 bits per heavy atom. The highest BCUT2D eigenvalue weighted by molar-refractivity contribution is 6.10. The zero-order chi connectivity index (χ0) is 31.6. The van der Waals surface area contributed by atoms with Crippen LogP contribution >= 0.6 is 0 Å². The van der Waals surface area contributed by atoms with Crippen LogP contribution in [-0.2, 0) is 0 Å². The fourth-order valence-corrected chi connectivity index (χ4v) is 6.91. The first kappa shape index (κ1) is 26.6. The molecule has 0 spiro atoms. The highest BCUT2D eigenvalue weighted by Crippen LogP contribution is 2.36. The van der Waals surface area contributed by atoms with Crippen molar-refractivity contribution < 1.29 is 4.42 Å². The highest BCUT2D eigenvalue weighted by atomic mass is 16.3. The van der Waals surface area contributed by atoms with Gasteiger partial charge < -0.3 is 4.42 Å². The molecular weight excluding hydrogens is 589 g/mol. The highest BCUT2D eigenvalue weighted by Gasteiger charge is 2.19.